The van der Waals surface area contributed by atoms with E-state index in [1.807, 2.05) is 0 Å². The lowest BCUT2D eigenvalue weighted by molar-refractivity contribution is 0.0947. The van der Waals surface area contributed by atoms with Crippen molar-refractivity contribution in [2.24, 2.45) is 0 Å². The third kappa shape index (κ3) is 2.89. The third-order valence-electron chi connectivity index (χ3n) is 2.60. The van der Waals surface area contributed by atoms with E-state index in [9.17, 15) is 13.2 Å². The van der Waals surface area contributed by atoms with Crippen molar-refractivity contribution in [3.8, 4) is 5.75 Å². The molecule has 1 aliphatic rings. The van der Waals surface area contributed by atoms with Crippen molar-refractivity contribution in [2.45, 2.75) is 6.04 Å². The first-order chi connectivity index (χ1) is 8.50. The van der Waals surface area contributed by atoms with E-state index in [2.05, 4.69) is 5.32 Å². The van der Waals surface area contributed by atoms with Gasteiger partial charge in [-0.1, -0.05) is 0 Å². The van der Waals surface area contributed by atoms with E-state index in [0.29, 0.717) is 11.3 Å². The summed E-state index contributed by atoms with van der Waals surface area (Å²) in [4.78, 5) is 11.8. The standard InChI is InChI=1S/C12H13NO4S/c1-17-11-4-2-9(3-5-11)12(14)13-10-6-7-18(15,16)8-10/h2-7,10H,8H2,1H3,(H,13,14). The number of benzene rings is 1. The Bertz CT molecular complexity index is 575. The van der Waals surface area contributed by atoms with Gasteiger partial charge in [0, 0.05) is 11.0 Å². The van der Waals surface area contributed by atoms with Gasteiger partial charge in [0.2, 0.25) is 0 Å². The molecular formula is C12H13NO4S. The van der Waals surface area contributed by atoms with E-state index in [1.54, 1.807) is 31.4 Å². The summed E-state index contributed by atoms with van der Waals surface area (Å²) in [6.45, 7) is 0. The van der Waals surface area contributed by atoms with Crippen molar-refractivity contribution in [1.82, 2.24) is 5.32 Å². The second-order valence-electron chi connectivity index (χ2n) is 3.97. The smallest absolute Gasteiger partial charge is 0.251 e. The van der Waals surface area contributed by atoms with Crippen molar-refractivity contribution < 1.29 is 17.9 Å². The van der Waals surface area contributed by atoms with Crippen LogP contribution in [0.25, 0.3) is 0 Å². The highest BCUT2D eigenvalue weighted by Gasteiger charge is 2.23. The Kier molecular flexibility index (Phi) is 3.38. The van der Waals surface area contributed by atoms with Gasteiger partial charge in [0.05, 0.1) is 18.9 Å². The molecule has 96 valence electrons. The van der Waals surface area contributed by atoms with Crippen LogP contribution in [-0.4, -0.2) is 33.2 Å². The van der Waals surface area contributed by atoms with Crippen LogP contribution in [0.2, 0.25) is 0 Å². The molecule has 0 aliphatic carbocycles. The maximum Gasteiger partial charge on any atom is 0.251 e. The lowest BCUT2D eigenvalue weighted by Gasteiger charge is -2.10. The van der Waals surface area contributed by atoms with Crippen LogP contribution in [0.15, 0.2) is 35.7 Å². The summed E-state index contributed by atoms with van der Waals surface area (Å²) in [5.74, 6) is 0.286. The lowest BCUT2D eigenvalue weighted by atomic mass is 10.2. The quantitative estimate of drug-likeness (QED) is 0.876. The molecule has 1 amide bonds. The Morgan fingerprint density at radius 3 is 2.50 bits per heavy atom. The van der Waals surface area contributed by atoms with Gasteiger partial charge in [-0.3, -0.25) is 4.79 Å². The van der Waals surface area contributed by atoms with E-state index >= 15 is 0 Å². The van der Waals surface area contributed by atoms with Gasteiger partial charge >= 0.3 is 0 Å². The minimum absolute atomic E-state index is 0.0745. The van der Waals surface area contributed by atoms with Gasteiger partial charge in [0.25, 0.3) is 5.91 Å². The fourth-order valence-corrected chi connectivity index (χ4v) is 2.90. The Hall–Kier alpha value is -1.82. The van der Waals surface area contributed by atoms with Crippen molar-refractivity contribution in [3.05, 3.63) is 41.3 Å². The van der Waals surface area contributed by atoms with Crippen LogP contribution in [0.3, 0.4) is 0 Å². The maximum atomic E-state index is 11.8. The zero-order valence-corrected chi connectivity index (χ0v) is 10.6. The van der Waals surface area contributed by atoms with Gasteiger partial charge in [-0.05, 0) is 30.3 Å². The largest absolute Gasteiger partial charge is 0.497 e. The molecule has 0 saturated carbocycles. The Balaban J connectivity index is 2.02. The third-order valence-corrected chi connectivity index (χ3v) is 3.99. The second kappa shape index (κ2) is 4.81. The minimum Gasteiger partial charge on any atom is -0.497 e. The molecule has 2 rings (SSSR count). The molecule has 1 aromatic carbocycles. The summed E-state index contributed by atoms with van der Waals surface area (Å²) in [5, 5.41) is 3.77. The first-order valence-corrected chi connectivity index (χ1v) is 7.07. The molecule has 0 bridgehead atoms. The van der Waals surface area contributed by atoms with Crippen LogP contribution in [0.4, 0.5) is 0 Å². The predicted octanol–water partition coefficient (Wildman–Crippen LogP) is 0.736. The molecule has 1 unspecified atom stereocenters. The summed E-state index contributed by atoms with van der Waals surface area (Å²) in [5.41, 5.74) is 0.466. The summed E-state index contributed by atoms with van der Waals surface area (Å²) in [6, 6.07) is 6.15. The molecule has 1 atom stereocenters. The van der Waals surface area contributed by atoms with Crippen molar-refractivity contribution in [2.75, 3.05) is 12.9 Å². The highest BCUT2D eigenvalue weighted by atomic mass is 32.2. The summed E-state index contributed by atoms with van der Waals surface area (Å²) < 4.78 is 27.4. The first-order valence-electron chi connectivity index (χ1n) is 5.36. The number of hydrogen-bond donors (Lipinski definition) is 1. The van der Waals surface area contributed by atoms with Crippen molar-refractivity contribution >= 4 is 15.7 Å². The number of carbonyl (C=O) groups is 1. The van der Waals surface area contributed by atoms with Crippen molar-refractivity contribution in [3.63, 3.8) is 0 Å². The molecule has 18 heavy (non-hydrogen) atoms. The van der Waals surface area contributed by atoms with E-state index in [4.69, 9.17) is 4.74 Å². The first kappa shape index (κ1) is 12.6. The van der Waals surface area contributed by atoms with Crippen LogP contribution in [0.1, 0.15) is 10.4 Å². The fourth-order valence-electron chi connectivity index (χ4n) is 1.66. The molecule has 1 aromatic rings. The van der Waals surface area contributed by atoms with Crippen LogP contribution in [0.5, 0.6) is 5.75 Å². The van der Waals surface area contributed by atoms with E-state index < -0.39 is 15.9 Å². The number of rotatable bonds is 3. The number of carbonyl (C=O) groups excluding carboxylic acids is 1. The molecule has 1 N–H and O–H groups in total. The van der Waals surface area contributed by atoms with E-state index in [-0.39, 0.29) is 11.7 Å². The number of ether oxygens (including phenoxy) is 1. The molecule has 1 heterocycles. The summed E-state index contributed by atoms with van der Waals surface area (Å²) >= 11 is 0. The molecule has 6 heteroatoms. The molecule has 0 fully saturated rings. The number of sulfone groups is 1. The topological polar surface area (TPSA) is 72.5 Å². The minimum atomic E-state index is -3.15. The Morgan fingerprint density at radius 2 is 2.00 bits per heavy atom. The zero-order chi connectivity index (χ0) is 13.2. The average Bonchev–Trinajstić information content (AvgIpc) is 2.68. The monoisotopic (exact) mass is 267 g/mol. The van der Waals surface area contributed by atoms with Crippen LogP contribution in [-0.2, 0) is 9.84 Å². The molecule has 0 saturated heterocycles. The Labute approximate surface area is 105 Å². The number of amides is 1. The van der Waals surface area contributed by atoms with E-state index in [1.165, 1.54) is 6.08 Å². The number of methoxy groups -OCH3 is 1. The summed E-state index contributed by atoms with van der Waals surface area (Å²) in [7, 11) is -1.60. The normalized spacial score (nSPS) is 20.6. The van der Waals surface area contributed by atoms with Gasteiger partial charge in [-0.2, -0.15) is 0 Å². The fraction of sp³-hybridized carbons (Fsp3) is 0.250. The van der Waals surface area contributed by atoms with Crippen LogP contribution < -0.4 is 10.1 Å². The molecule has 0 radical (unpaired) electrons. The number of hydrogen-bond acceptors (Lipinski definition) is 4. The molecule has 0 spiro atoms. The number of nitrogens with one attached hydrogen (secondary N) is 1. The van der Waals surface area contributed by atoms with Gasteiger partial charge < -0.3 is 10.1 Å². The maximum absolute atomic E-state index is 11.8. The highest BCUT2D eigenvalue weighted by molar-refractivity contribution is 7.94. The molecule has 0 aromatic heterocycles. The lowest BCUT2D eigenvalue weighted by Crippen LogP contribution is -2.35. The van der Waals surface area contributed by atoms with Crippen molar-refractivity contribution in [1.29, 1.82) is 0 Å². The Morgan fingerprint density at radius 1 is 1.33 bits per heavy atom. The average molecular weight is 267 g/mol. The van der Waals surface area contributed by atoms with E-state index in [0.717, 1.165) is 5.41 Å². The SMILES string of the molecule is COc1ccc(C(=O)NC2C=CS(=O)(=O)C2)cc1. The summed E-state index contributed by atoms with van der Waals surface area (Å²) in [6.07, 6.45) is 1.48. The second-order valence-corrected chi connectivity index (χ2v) is 5.90. The van der Waals surface area contributed by atoms with Gasteiger partial charge in [-0.25, -0.2) is 8.42 Å². The van der Waals surface area contributed by atoms with Gasteiger partial charge in [0.1, 0.15) is 5.75 Å². The van der Waals surface area contributed by atoms with Crippen LogP contribution >= 0.6 is 0 Å². The highest BCUT2D eigenvalue weighted by Crippen LogP contribution is 2.12. The van der Waals surface area contributed by atoms with Gasteiger partial charge in [0.15, 0.2) is 9.84 Å². The van der Waals surface area contributed by atoms with Crippen LogP contribution in [0, 0.1) is 0 Å². The molecule has 5 nitrogen and oxygen atoms in total. The zero-order valence-electron chi connectivity index (χ0n) is 9.79. The molecular weight excluding hydrogens is 254 g/mol. The van der Waals surface area contributed by atoms with Gasteiger partial charge in [-0.15, -0.1) is 0 Å². The predicted molar refractivity (Wildman–Crippen MR) is 67.2 cm³/mol. The molecule has 1 aliphatic heterocycles.